The first-order chi connectivity index (χ1) is 12.0. The summed E-state index contributed by atoms with van der Waals surface area (Å²) in [6, 6.07) is 16.5. The summed E-state index contributed by atoms with van der Waals surface area (Å²) >= 11 is 0. The summed E-state index contributed by atoms with van der Waals surface area (Å²) in [5, 5.41) is 14.6. The van der Waals surface area contributed by atoms with Crippen molar-refractivity contribution in [3.05, 3.63) is 70.8 Å². The molecular formula is C20H21N3O2. The third-order valence-corrected chi connectivity index (χ3v) is 3.79. The van der Waals surface area contributed by atoms with Crippen molar-refractivity contribution in [1.29, 1.82) is 5.26 Å². The second-order valence-electron chi connectivity index (χ2n) is 5.96. The Balaban J connectivity index is 2.00. The van der Waals surface area contributed by atoms with Crippen LogP contribution in [0.2, 0.25) is 0 Å². The molecule has 2 aromatic rings. The number of hydrogen-bond donors (Lipinski definition) is 2. The highest BCUT2D eigenvalue weighted by Gasteiger charge is 2.17. The van der Waals surface area contributed by atoms with Crippen molar-refractivity contribution >= 4 is 11.8 Å². The average molecular weight is 335 g/mol. The van der Waals surface area contributed by atoms with Gasteiger partial charge in [0.05, 0.1) is 24.1 Å². The van der Waals surface area contributed by atoms with Crippen LogP contribution in [-0.2, 0) is 16.1 Å². The number of amides is 2. The molecule has 0 fully saturated rings. The Morgan fingerprint density at radius 3 is 2.52 bits per heavy atom. The fraction of sp³-hybridized carbons (Fsp3) is 0.250. The van der Waals surface area contributed by atoms with Gasteiger partial charge in [-0.15, -0.1) is 0 Å². The molecule has 5 nitrogen and oxygen atoms in total. The second-order valence-corrected chi connectivity index (χ2v) is 5.96. The molecule has 2 rings (SSSR count). The van der Waals surface area contributed by atoms with E-state index in [1.54, 1.807) is 18.2 Å². The number of nitrogens with zero attached hydrogens (tertiary/aromatic N) is 1. The summed E-state index contributed by atoms with van der Waals surface area (Å²) in [6.45, 7) is 3.76. The van der Waals surface area contributed by atoms with Gasteiger partial charge in [-0.1, -0.05) is 42.0 Å². The maximum atomic E-state index is 12.3. The second kappa shape index (κ2) is 8.65. The average Bonchev–Trinajstić information content (AvgIpc) is 2.60. The number of rotatable bonds is 6. The first-order valence-electron chi connectivity index (χ1n) is 8.07. The van der Waals surface area contributed by atoms with Crippen LogP contribution in [0.4, 0.5) is 0 Å². The van der Waals surface area contributed by atoms with Crippen LogP contribution in [0.25, 0.3) is 0 Å². The lowest BCUT2D eigenvalue weighted by Crippen LogP contribution is -2.32. The SMILES string of the molecule is CC(=O)NC(CC(=O)NCc1cccc(C#N)c1)c1ccc(C)cc1. The van der Waals surface area contributed by atoms with Crippen LogP contribution < -0.4 is 10.6 Å². The van der Waals surface area contributed by atoms with Crippen molar-refractivity contribution in [2.75, 3.05) is 0 Å². The summed E-state index contributed by atoms with van der Waals surface area (Å²) in [5.74, 6) is -0.346. The molecule has 0 spiro atoms. The fourth-order valence-electron chi connectivity index (χ4n) is 2.51. The molecule has 0 aliphatic carbocycles. The number of hydrogen-bond acceptors (Lipinski definition) is 3. The highest BCUT2D eigenvalue weighted by atomic mass is 16.2. The largest absolute Gasteiger partial charge is 0.352 e. The standard InChI is InChI=1S/C20H21N3O2/c1-14-6-8-18(9-7-14)19(23-15(2)24)11-20(25)22-13-17-5-3-4-16(10-17)12-21/h3-10,19H,11,13H2,1-2H3,(H,22,25)(H,23,24). The monoisotopic (exact) mass is 335 g/mol. The van der Waals surface area contributed by atoms with Crippen LogP contribution in [0.3, 0.4) is 0 Å². The number of carbonyl (C=O) groups excluding carboxylic acids is 2. The number of carbonyl (C=O) groups is 2. The first-order valence-corrected chi connectivity index (χ1v) is 8.07. The van der Waals surface area contributed by atoms with Crippen LogP contribution in [0, 0.1) is 18.3 Å². The zero-order valence-electron chi connectivity index (χ0n) is 14.4. The summed E-state index contributed by atoms with van der Waals surface area (Å²) < 4.78 is 0. The van der Waals surface area contributed by atoms with E-state index in [9.17, 15) is 9.59 Å². The Hall–Kier alpha value is -3.13. The zero-order valence-corrected chi connectivity index (χ0v) is 14.4. The Kier molecular flexibility index (Phi) is 6.30. The maximum Gasteiger partial charge on any atom is 0.222 e. The molecule has 1 unspecified atom stereocenters. The van der Waals surface area contributed by atoms with Crippen LogP contribution in [0.1, 0.15) is 41.6 Å². The molecule has 0 aliphatic rings. The summed E-state index contributed by atoms with van der Waals surface area (Å²) in [7, 11) is 0. The van der Waals surface area contributed by atoms with Gasteiger partial charge in [-0.3, -0.25) is 9.59 Å². The highest BCUT2D eigenvalue weighted by molar-refractivity contribution is 5.79. The lowest BCUT2D eigenvalue weighted by molar-refractivity contribution is -0.122. The van der Waals surface area contributed by atoms with Crippen molar-refractivity contribution in [3.8, 4) is 6.07 Å². The minimum absolute atomic E-state index is 0.153. The molecule has 0 heterocycles. The maximum absolute atomic E-state index is 12.3. The minimum atomic E-state index is -0.372. The molecule has 0 aromatic heterocycles. The van der Waals surface area contributed by atoms with Gasteiger partial charge >= 0.3 is 0 Å². The van der Waals surface area contributed by atoms with E-state index in [0.717, 1.165) is 16.7 Å². The lowest BCUT2D eigenvalue weighted by atomic mass is 10.0. The lowest BCUT2D eigenvalue weighted by Gasteiger charge is -2.18. The van der Waals surface area contributed by atoms with Crippen molar-refractivity contribution in [2.45, 2.75) is 32.9 Å². The van der Waals surface area contributed by atoms with E-state index < -0.39 is 0 Å². The van der Waals surface area contributed by atoms with Crippen molar-refractivity contribution < 1.29 is 9.59 Å². The van der Waals surface area contributed by atoms with Gasteiger partial charge in [0.25, 0.3) is 0 Å². The molecule has 2 amide bonds. The Morgan fingerprint density at radius 1 is 1.16 bits per heavy atom. The predicted molar refractivity (Wildman–Crippen MR) is 95.4 cm³/mol. The quantitative estimate of drug-likeness (QED) is 0.851. The van der Waals surface area contributed by atoms with Crippen LogP contribution >= 0.6 is 0 Å². The van der Waals surface area contributed by atoms with E-state index in [2.05, 4.69) is 16.7 Å². The topological polar surface area (TPSA) is 82.0 Å². The molecule has 1 atom stereocenters. The smallest absolute Gasteiger partial charge is 0.222 e. The van der Waals surface area contributed by atoms with Gasteiger partial charge in [-0.25, -0.2) is 0 Å². The minimum Gasteiger partial charge on any atom is -0.352 e. The van der Waals surface area contributed by atoms with Crippen LogP contribution in [0.5, 0.6) is 0 Å². The highest BCUT2D eigenvalue weighted by Crippen LogP contribution is 2.17. The Bertz CT molecular complexity index is 791. The van der Waals surface area contributed by atoms with Crippen molar-refractivity contribution in [3.63, 3.8) is 0 Å². The van der Waals surface area contributed by atoms with Crippen molar-refractivity contribution in [1.82, 2.24) is 10.6 Å². The number of aryl methyl sites for hydroxylation is 1. The van der Waals surface area contributed by atoms with Crippen molar-refractivity contribution in [2.24, 2.45) is 0 Å². The van der Waals surface area contributed by atoms with Crippen LogP contribution in [0.15, 0.2) is 48.5 Å². The Labute approximate surface area is 147 Å². The van der Waals surface area contributed by atoms with E-state index in [4.69, 9.17) is 5.26 Å². The van der Waals surface area contributed by atoms with Gasteiger partial charge in [0, 0.05) is 13.5 Å². The summed E-state index contributed by atoms with van der Waals surface area (Å²) in [6.07, 6.45) is 0.153. The van der Waals surface area contributed by atoms with Gasteiger partial charge in [0.2, 0.25) is 11.8 Å². The predicted octanol–water partition coefficient (Wildman–Crippen LogP) is 2.75. The number of nitriles is 1. The molecule has 5 heteroatoms. The molecule has 0 radical (unpaired) electrons. The third-order valence-electron chi connectivity index (χ3n) is 3.79. The molecule has 2 aromatic carbocycles. The van der Waals surface area contributed by atoms with Gasteiger partial charge in [-0.2, -0.15) is 5.26 Å². The zero-order chi connectivity index (χ0) is 18.2. The van der Waals surface area contributed by atoms with Gasteiger partial charge in [-0.05, 0) is 30.2 Å². The molecular weight excluding hydrogens is 314 g/mol. The van der Waals surface area contributed by atoms with Crippen LogP contribution in [-0.4, -0.2) is 11.8 Å². The Morgan fingerprint density at radius 2 is 1.88 bits per heavy atom. The third kappa shape index (κ3) is 5.78. The number of benzene rings is 2. The van der Waals surface area contributed by atoms with E-state index in [-0.39, 0.29) is 24.3 Å². The molecule has 0 saturated heterocycles. The molecule has 0 aliphatic heterocycles. The van der Waals surface area contributed by atoms with Gasteiger partial charge < -0.3 is 10.6 Å². The fourth-order valence-corrected chi connectivity index (χ4v) is 2.51. The molecule has 0 bridgehead atoms. The number of nitrogens with one attached hydrogen (secondary N) is 2. The van der Waals surface area contributed by atoms with E-state index in [0.29, 0.717) is 12.1 Å². The van der Waals surface area contributed by atoms with E-state index in [1.807, 2.05) is 37.3 Å². The summed E-state index contributed by atoms with van der Waals surface area (Å²) in [5.41, 5.74) is 3.43. The van der Waals surface area contributed by atoms with Gasteiger partial charge in [0.15, 0.2) is 0 Å². The van der Waals surface area contributed by atoms with E-state index >= 15 is 0 Å². The summed E-state index contributed by atoms with van der Waals surface area (Å²) in [4.78, 5) is 23.7. The molecule has 2 N–H and O–H groups in total. The normalized spacial score (nSPS) is 11.2. The van der Waals surface area contributed by atoms with E-state index in [1.165, 1.54) is 6.92 Å². The molecule has 128 valence electrons. The molecule has 25 heavy (non-hydrogen) atoms. The first kappa shape index (κ1) is 18.2. The molecule has 0 saturated carbocycles. The van der Waals surface area contributed by atoms with Gasteiger partial charge in [0.1, 0.15) is 0 Å².